The molecule has 4 N–H and O–H groups in total. The Kier molecular flexibility index (Phi) is 4.98. The Hall–Kier alpha value is -3.33. The maximum atomic E-state index is 5.93. The molecule has 2 aromatic heterocycles. The molecule has 0 unspecified atom stereocenters. The first-order chi connectivity index (χ1) is 13.6. The van der Waals surface area contributed by atoms with E-state index in [-0.39, 0.29) is 0 Å². The highest BCUT2D eigenvalue weighted by Gasteiger charge is 2.19. The van der Waals surface area contributed by atoms with Crippen LogP contribution >= 0.6 is 0 Å². The van der Waals surface area contributed by atoms with Gasteiger partial charge in [-0.1, -0.05) is 6.07 Å². The van der Waals surface area contributed by atoms with Crippen LogP contribution in [0.15, 0.2) is 42.9 Å². The van der Waals surface area contributed by atoms with Crippen molar-refractivity contribution in [1.82, 2.24) is 24.6 Å². The van der Waals surface area contributed by atoms with Crippen molar-refractivity contribution in [3.63, 3.8) is 0 Å². The number of hydrogen-bond acceptors (Lipinski definition) is 8. The molecule has 1 aromatic carbocycles. The minimum Gasteiger partial charge on any atom is -0.399 e. The van der Waals surface area contributed by atoms with Gasteiger partial charge >= 0.3 is 0 Å². The number of aromatic nitrogens is 4. The molecule has 3 aromatic rings. The maximum absolute atomic E-state index is 5.93. The maximum Gasteiger partial charge on any atom is 0.229 e. The van der Waals surface area contributed by atoms with Gasteiger partial charge in [0.05, 0.1) is 23.8 Å². The third kappa shape index (κ3) is 4.15. The number of benzene rings is 1. The Morgan fingerprint density at radius 1 is 1.00 bits per heavy atom. The molecule has 0 amide bonds. The Morgan fingerprint density at radius 2 is 1.82 bits per heavy atom. The number of hydrogen-bond donors (Lipinski definition) is 3. The van der Waals surface area contributed by atoms with Gasteiger partial charge in [0.2, 0.25) is 5.95 Å². The van der Waals surface area contributed by atoms with Crippen LogP contribution in [0.25, 0.3) is 0 Å². The molecule has 0 atom stereocenters. The standard InChI is InChI=1S/C19H25N9/c1-26-6-8-28(9-7-26)17-12-21-19(24-16-11-22-27(2)13-16)25-18(17)23-15-5-3-4-14(20)10-15/h3-5,10-13H,6-9,20H2,1-2H3,(H2,21,23,24,25). The average molecular weight is 379 g/mol. The molecule has 1 saturated heterocycles. The number of likely N-dealkylation sites (N-methyl/N-ethyl adjacent to an activating group) is 1. The molecule has 9 heteroatoms. The van der Waals surface area contributed by atoms with Crippen molar-refractivity contribution < 1.29 is 0 Å². The van der Waals surface area contributed by atoms with Crippen LogP contribution in [0.3, 0.4) is 0 Å². The molecule has 28 heavy (non-hydrogen) atoms. The SMILES string of the molecule is CN1CCN(c2cnc(Nc3cnn(C)c3)nc2Nc2cccc(N)c2)CC1. The fourth-order valence-corrected chi connectivity index (χ4v) is 3.17. The van der Waals surface area contributed by atoms with Gasteiger partial charge in [0.15, 0.2) is 5.82 Å². The summed E-state index contributed by atoms with van der Waals surface area (Å²) in [6, 6.07) is 7.65. The van der Waals surface area contributed by atoms with Gasteiger partial charge in [0.1, 0.15) is 0 Å². The molecule has 1 aliphatic heterocycles. The molecule has 0 radical (unpaired) electrons. The quantitative estimate of drug-likeness (QED) is 0.579. The molecule has 0 bridgehead atoms. The van der Waals surface area contributed by atoms with E-state index in [1.165, 1.54) is 0 Å². The largest absolute Gasteiger partial charge is 0.399 e. The van der Waals surface area contributed by atoms with E-state index in [2.05, 4.69) is 37.6 Å². The molecule has 0 aliphatic carbocycles. The first-order valence-corrected chi connectivity index (χ1v) is 9.25. The summed E-state index contributed by atoms with van der Waals surface area (Å²) < 4.78 is 1.73. The average Bonchev–Trinajstić information content (AvgIpc) is 3.08. The topological polar surface area (TPSA) is 100 Å². The van der Waals surface area contributed by atoms with E-state index >= 15 is 0 Å². The van der Waals surface area contributed by atoms with Crippen molar-refractivity contribution in [2.45, 2.75) is 0 Å². The number of aryl methyl sites for hydroxylation is 1. The summed E-state index contributed by atoms with van der Waals surface area (Å²) in [6.45, 7) is 3.88. The number of rotatable bonds is 5. The van der Waals surface area contributed by atoms with E-state index in [1.807, 2.05) is 43.7 Å². The molecule has 146 valence electrons. The van der Waals surface area contributed by atoms with Crippen LogP contribution in [0.5, 0.6) is 0 Å². The van der Waals surface area contributed by atoms with Gasteiger partial charge in [0, 0.05) is 50.8 Å². The third-order valence-corrected chi connectivity index (χ3v) is 4.72. The van der Waals surface area contributed by atoms with Crippen LogP contribution in [0.1, 0.15) is 0 Å². The highest BCUT2D eigenvalue weighted by atomic mass is 15.3. The zero-order valence-corrected chi connectivity index (χ0v) is 16.1. The molecule has 3 heterocycles. The third-order valence-electron chi connectivity index (χ3n) is 4.72. The lowest BCUT2D eigenvalue weighted by Crippen LogP contribution is -2.44. The van der Waals surface area contributed by atoms with Gasteiger partial charge in [-0.3, -0.25) is 4.68 Å². The summed E-state index contributed by atoms with van der Waals surface area (Å²) in [6.07, 6.45) is 5.48. The number of anilines is 6. The van der Waals surface area contributed by atoms with Gasteiger partial charge in [-0.2, -0.15) is 10.1 Å². The van der Waals surface area contributed by atoms with Crippen LogP contribution in [0.4, 0.5) is 34.5 Å². The van der Waals surface area contributed by atoms with Crippen molar-refractivity contribution in [3.8, 4) is 0 Å². The first-order valence-electron chi connectivity index (χ1n) is 9.25. The van der Waals surface area contributed by atoms with E-state index in [1.54, 1.807) is 10.9 Å². The fourth-order valence-electron chi connectivity index (χ4n) is 3.17. The molecule has 4 rings (SSSR count). The Bertz CT molecular complexity index is 944. The number of nitrogens with zero attached hydrogens (tertiary/aromatic N) is 6. The lowest BCUT2D eigenvalue weighted by molar-refractivity contribution is 0.313. The van der Waals surface area contributed by atoms with Gasteiger partial charge in [-0.15, -0.1) is 0 Å². The molecule has 0 spiro atoms. The van der Waals surface area contributed by atoms with E-state index in [4.69, 9.17) is 10.7 Å². The predicted molar refractivity (Wildman–Crippen MR) is 112 cm³/mol. The van der Waals surface area contributed by atoms with Crippen LogP contribution in [-0.2, 0) is 7.05 Å². The van der Waals surface area contributed by atoms with Crippen molar-refractivity contribution in [3.05, 3.63) is 42.9 Å². The summed E-state index contributed by atoms with van der Waals surface area (Å²) in [4.78, 5) is 13.9. The first kappa shape index (κ1) is 18.1. The lowest BCUT2D eigenvalue weighted by Gasteiger charge is -2.34. The summed E-state index contributed by atoms with van der Waals surface area (Å²) in [5.41, 5.74) is 9.34. The minimum absolute atomic E-state index is 0.511. The zero-order valence-electron chi connectivity index (χ0n) is 16.1. The Morgan fingerprint density at radius 3 is 2.54 bits per heavy atom. The van der Waals surface area contributed by atoms with Gasteiger partial charge in [-0.05, 0) is 25.2 Å². The fraction of sp³-hybridized carbons (Fsp3) is 0.316. The molecular formula is C19H25N9. The van der Waals surface area contributed by atoms with E-state index < -0.39 is 0 Å². The Balaban J connectivity index is 1.64. The monoisotopic (exact) mass is 379 g/mol. The molecule has 9 nitrogen and oxygen atoms in total. The van der Waals surface area contributed by atoms with Gasteiger partial charge < -0.3 is 26.2 Å². The van der Waals surface area contributed by atoms with Gasteiger partial charge in [-0.25, -0.2) is 4.98 Å². The number of nitrogens with two attached hydrogens (primary N) is 1. The number of nitrogen functional groups attached to an aromatic ring is 1. The smallest absolute Gasteiger partial charge is 0.229 e. The van der Waals surface area contributed by atoms with E-state index in [9.17, 15) is 0 Å². The number of nitrogens with one attached hydrogen (secondary N) is 2. The Labute approximate surface area is 164 Å². The predicted octanol–water partition coefficient (Wildman–Crippen LogP) is 2.03. The lowest BCUT2D eigenvalue weighted by atomic mass is 10.2. The van der Waals surface area contributed by atoms with Gasteiger partial charge in [0.25, 0.3) is 0 Å². The van der Waals surface area contributed by atoms with Crippen LogP contribution in [-0.4, -0.2) is 57.9 Å². The van der Waals surface area contributed by atoms with Crippen molar-refractivity contribution in [2.24, 2.45) is 7.05 Å². The van der Waals surface area contributed by atoms with Crippen LogP contribution in [0, 0.1) is 0 Å². The number of piperazine rings is 1. The minimum atomic E-state index is 0.511. The van der Waals surface area contributed by atoms with Crippen molar-refractivity contribution >= 4 is 34.5 Å². The molecule has 0 saturated carbocycles. The van der Waals surface area contributed by atoms with Crippen LogP contribution in [0.2, 0.25) is 0 Å². The summed E-state index contributed by atoms with van der Waals surface area (Å²) in [5.74, 6) is 1.26. The van der Waals surface area contributed by atoms with E-state index in [0.717, 1.165) is 49.1 Å². The second kappa shape index (κ2) is 7.73. The second-order valence-electron chi connectivity index (χ2n) is 7.00. The zero-order chi connectivity index (χ0) is 19.5. The summed E-state index contributed by atoms with van der Waals surface area (Å²) in [7, 11) is 4.01. The highest BCUT2D eigenvalue weighted by molar-refractivity contribution is 5.74. The molecule has 1 aliphatic rings. The molecular weight excluding hydrogens is 354 g/mol. The normalized spacial score (nSPS) is 14.9. The summed E-state index contributed by atoms with van der Waals surface area (Å²) in [5, 5.41) is 10.8. The second-order valence-corrected chi connectivity index (χ2v) is 7.00. The molecule has 1 fully saturated rings. The van der Waals surface area contributed by atoms with Crippen LogP contribution < -0.4 is 21.3 Å². The van der Waals surface area contributed by atoms with Crippen molar-refractivity contribution in [2.75, 3.05) is 54.5 Å². The van der Waals surface area contributed by atoms with E-state index in [0.29, 0.717) is 11.6 Å². The highest BCUT2D eigenvalue weighted by Crippen LogP contribution is 2.29. The summed E-state index contributed by atoms with van der Waals surface area (Å²) >= 11 is 0. The van der Waals surface area contributed by atoms with Crippen molar-refractivity contribution in [1.29, 1.82) is 0 Å².